The van der Waals surface area contributed by atoms with Crippen LogP contribution in [-0.4, -0.2) is 62.5 Å². The van der Waals surface area contributed by atoms with E-state index in [9.17, 15) is 9.59 Å². The van der Waals surface area contributed by atoms with E-state index in [2.05, 4.69) is 42.5 Å². The van der Waals surface area contributed by atoms with Crippen molar-refractivity contribution in [3.8, 4) is 11.5 Å². The Kier molecular flexibility index (Phi) is 10.4. The summed E-state index contributed by atoms with van der Waals surface area (Å²) in [5.74, 6) is 1.02. The number of amides is 2. The van der Waals surface area contributed by atoms with Gasteiger partial charge < -0.3 is 29.6 Å². The van der Waals surface area contributed by atoms with Crippen molar-refractivity contribution in [3.05, 3.63) is 56.5 Å². The zero-order valence-electron chi connectivity index (χ0n) is 22.5. The van der Waals surface area contributed by atoms with Crippen molar-refractivity contribution < 1.29 is 28.5 Å². The van der Waals surface area contributed by atoms with Crippen LogP contribution in [0.1, 0.15) is 72.1 Å². The molecule has 2 saturated heterocycles. The van der Waals surface area contributed by atoms with Crippen LogP contribution in [0.4, 0.5) is 0 Å². The Labute approximate surface area is 252 Å². The van der Waals surface area contributed by atoms with E-state index in [0.717, 1.165) is 73.5 Å². The van der Waals surface area contributed by atoms with Gasteiger partial charge in [0.25, 0.3) is 11.8 Å². The van der Waals surface area contributed by atoms with Crippen molar-refractivity contribution in [2.75, 3.05) is 26.4 Å². The van der Waals surface area contributed by atoms with Gasteiger partial charge in [-0.3, -0.25) is 9.59 Å². The summed E-state index contributed by atoms with van der Waals surface area (Å²) in [6.45, 7) is 2.56. The van der Waals surface area contributed by atoms with E-state index in [1.165, 1.54) is 0 Å². The van der Waals surface area contributed by atoms with Crippen LogP contribution in [0.5, 0.6) is 11.5 Å². The minimum absolute atomic E-state index is 0.123. The number of hydrogen-bond donors (Lipinski definition) is 2. The Balaban J connectivity index is 1.15. The molecule has 3 fully saturated rings. The van der Waals surface area contributed by atoms with Gasteiger partial charge in [-0.25, -0.2) is 0 Å². The number of rotatable bonds is 10. The number of hydrogen-bond acceptors (Lipinski definition) is 6. The molecule has 0 aromatic heterocycles. The topological polar surface area (TPSA) is 95.1 Å². The van der Waals surface area contributed by atoms with Crippen LogP contribution in [0.3, 0.4) is 0 Å². The molecule has 2 N–H and O–H groups in total. The molecular weight excluding hydrogens is 644 g/mol. The van der Waals surface area contributed by atoms with Gasteiger partial charge in [0.05, 0.1) is 21.2 Å². The third-order valence-electron chi connectivity index (χ3n) is 7.68. The van der Waals surface area contributed by atoms with Crippen molar-refractivity contribution in [2.24, 2.45) is 0 Å². The molecule has 0 radical (unpaired) electrons. The van der Waals surface area contributed by atoms with Crippen LogP contribution in [-0.2, 0) is 9.47 Å². The lowest BCUT2D eigenvalue weighted by Gasteiger charge is -2.33. The van der Waals surface area contributed by atoms with Gasteiger partial charge in [-0.05, 0) is 107 Å². The minimum atomic E-state index is -0.173. The van der Waals surface area contributed by atoms with Gasteiger partial charge in [0.1, 0.15) is 24.7 Å². The van der Waals surface area contributed by atoms with E-state index in [1.807, 2.05) is 0 Å². The summed E-state index contributed by atoms with van der Waals surface area (Å²) in [6.07, 6.45) is 7.99. The molecule has 2 aromatic rings. The molecule has 1 aliphatic carbocycles. The van der Waals surface area contributed by atoms with E-state index in [1.54, 1.807) is 36.4 Å². The normalized spacial score (nSPS) is 24.4. The second kappa shape index (κ2) is 14.2. The highest BCUT2D eigenvalue weighted by Gasteiger charge is 2.29. The van der Waals surface area contributed by atoms with Crippen LogP contribution < -0.4 is 20.1 Å². The van der Waals surface area contributed by atoms with Crippen molar-refractivity contribution in [1.82, 2.24) is 10.6 Å². The van der Waals surface area contributed by atoms with Crippen molar-refractivity contribution in [1.29, 1.82) is 0 Å². The molecule has 0 spiro atoms. The standard InChI is InChI=1S/C30H36Br2N2O6/c31-23-15-19(9-11-27(23)39-17-21-5-3-13-37-21)29(35)33-25-7-1-2-8-26(25)34-30(36)20-10-12-28(24(32)16-20)40-18-22-6-4-14-38-22/h9-12,15-16,21-22,25-26H,1-8,13-14,17-18H2,(H,33,35)(H,34,36). The van der Waals surface area contributed by atoms with Gasteiger partial charge in [0, 0.05) is 36.4 Å². The second-order valence-electron chi connectivity index (χ2n) is 10.6. The van der Waals surface area contributed by atoms with Crippen molar-refractivity contribution in [3.63, 3.8) is 0 Å². The molecule has 4 atom stereocenters. The van der Waals surface area contributed by atoms with Crippen LogP contribution in [0.15, 0.2) is 45.3 Å². The number of ether oxygens (including phenoxy) is 4. The monoisotopic (exact) mass is 678 g/mol. The predicted octanol–water partition coefficient (Wildman–Crippen LogP) is 5.80. The maximum absolute atomic E-state index is 13.1. The van der Waals surface area contributed by atoms with Crippen LogP contribution >= 0.6 is 31.9 Å². The highest BCUT2D eigenvalue weighted by molar-refractivity contribution is 9.10. The molecule has 0 bridgehead atoms. The number of carbonyl (C=O) groups excluding carboxylic acids is 2. The molecule has 2 amide bonds. The van der Waals surface area contributed by atoms with E-state index in [0.29, 0.717) is 35.8 Å². The molecule has 5 rings (SSSR count). The lowest BCUT2D eigenvalue weighted by atomic mass is 9.89. The predicted molar refractivity (Wildman–Crippen MR) is 158 cm³/mol. The second-order valence-corrected chi connectivity index (χ2v) is 12.3. The van der Waals surface area contributed by atoms with E-state index in [4.69, 9.17) is 18.9 Å². The molecule has 40 heavy (non-hydrogen) atoms. The largest absolute Gasteiger partial charge is 0.490 e. The summed E-state index contributed by atoms with van der Waals surface area (Å²) in [5.41, 5.74) is 1.07. The fourth-order valence-corrected chi connectivity index (χ4v) is 6.40. The average molecular weight is 680 g/mol. The fourth-order valence-electron chi connectivity index (χ4n) is 5.42. The van der Waals surface area contributed by atoms with Crippen LogP contribution in [0.2, 0.25) is 0 Å². The summed E-state index contributed by atoms with van der Waals surface area (Å²) >= 11 is 7.07. The fraction of sp³-hybridized carbons (Fsp3) is 0.533. The zero-order valence-corrected chi connectivity index (χ0v) is 25.6. The van der Waals surface area contributed by atoms with Gasteiger partial charge >= 0.3 is 0 Å². The Morgan fingerprint density at radius 1 is 0.700 bits per heavy atom. The molecule has 216 valence electrons. The maximum atomic E-state index is 13.1. The van der Waals surface area contributed by atoms with Gasteiger partial charge in [0.15, 0.2) is 0 Å². The summed E-state index contributed by atoms with van der Waals surface area (Å²) in [6, 6.07) is 10.4. The average Bonchev–Trinajstić information content (AvgIpc) is 3.67. The molecule has 2 heterocycles. The molecule has 4 unspecified atom stereocenters. The third kappa shape index (κ3) is 7.78. The smallest absolute Gasteiger partial charge is 0.251 e. The molecule has 2 aliphatic heterocycles. The summed E-state index contributed by atoms with van der Waals surface area (Å²) in [4.78, 5) is 26.3. The van der Waals surface area contributed by atoms with Crippen LogP contribution in [0.25, 0.3) is 0 Å². The molecular formula is C30H36Br2N2O6. The summed E-state index contributed by atoms with van der Waals surface area (Å²) in [5, 5.41) is 6.31. The maximum Gasteiger partial charge on any atom is 0.251 e. The van der Waals surface area contributed by atoms with Crippen molar-refractivity contribution in [2.45, 2.75) is 75.7 Å². The number of halogens is 2. The van der Waals surface area contributed by atoms with Gasteiger partial charge in [0.2, 0.25) is 0 Å². The highest BCUT2D eigenvalue weighted by atomic mass is 79.9. The van der Waals surface area contributed by atoms with Crippen LogP contribution in [0, 0.1) is 0 Å². The molecule has 8 nitrogen and oxygen atoms in total. The lowest BCUT2D eigenvalue weighted by molar-refractivity contribution is 0.0676. The zero-order chi connectivity index (χ0) is 27.9. The first kappa shape index (κ1) is 29.4. The minimum Gasteiger partial charge on any atom is -0.490 e. The summed E-state index contributed by atoms with van der Waals surface area (Å²) in [7, 11) is 0. The SMILES string of the molecule is O=C(NC1CCCCC1NC(=O)c1ccc(OCC2CCCO2)c(Br)c1)c1ccc(OCC2CCCO2)c(Br)c1. The molecule has 3 aliphatic rings. The first-order valence-electron chi connectivity index (χ1n) is 14.2. The first-order valence-corrected chi connectivity index (χ1v) is 15.7. The number of nitrogens with one attached hydrogen (secondary N) is 2. The Morgan fingerprint density at radius 2 is 1.15 bits per heavy atom. The van der Waals surface area contributed by atoms with Gasteiger partial charge in [-0.2, -0.15) is 0 Å². The molecule has 1 saturated carbocycles. The first-order chi connectivity index (χ1) is 19.5. The van der Waals surface area contributed by atoms with E-state index in [-0.39, 0.29) is 36.1 Å². The quantitative estimate of drug-likeness (QED) is 0.330. The van der Waals surface area contributed by atoms with Gasteiger partial charge in [-0.1, -0.05) is 12.8 Å². The Morgan fingerprint density at radius 3 is 1.52 bits per heavy atom. The van der Waals surface area contributed by atoms with E-state index < -0.39 is 0 Å². The Bertz CT molecular complexity index is 1090. The lowest BCUT2D eigenvalue weighted by Crippen LogP contribution is -2.53. The Hall–Kier alpha value is -2.14. The highest BCUT2D eigenvalue weighted by Crippen LogP contribution is 2.29. The van der Waals surface area contributed by atoms with Crippen molar-refractivity contribution >= 4 is 43.7 Å². The molecule has 10 heteroatoms. The number of benzene rings is 2. The molecule has 2 aromatic carbocycles. The third-order valence-corrected chi connectivity index (χ3v) is 8.92. The number of carbonyl (C=O) groups is 2. The summed E-state index contributed by atoms with van der Waals surface area (Å²) < 4.78 is 24.5. The van der Waals surface area contributed by atoms with Gasteiger partial charge in [-0.15, -0.1) is 0 Å². The van der Waals surface area contributed by atoms with E-state index >= 15 is 0 Å².